The number of aromatic amines is 1. The van der Waals surface area contributed by atoms with Gasteiger partial charge in [-0.1, -0.05) is 41.6 Å². The van der Waals surface area contributed by atoms with Crippen molar-refractivity contribution >= 4 is 39.6 Å². The molecular formula is C29H32N6O3. The van der Waals surface area contributed by atoms with Crippen molar-refractivity contribution in [2.24, 2.45) is 0 Å². The molecule has 9 nitrogen and oxygen atoms in total. The molecule has 0 saturated carbocycles. The fourth-order valence-corrected chi connectivity index (χ4v) is 4.19. The summed E-state index contributed by atoms with van der Waals surface area (Å²) in [6.07, 6.45) is 4.11. The van der Waals surface area contributed by atoms with Crippen molar-refractivity contribution in [2.75, 3.05) is 30.4 Å². The summed E-state index contributed by atoms with van der Waals surface area (Å²) in [5.41, 5.74) is 3.36. The van der Waals surface area contributed by atoms with Crippen molar-refractivity contribution in [2.45, 2.75) is 33.1 Å². The van der Waals surface area contributed by atoms with Gasteiger partial charge in [-0.05, 0) is 72.9 Å². The molecule has 0 fully saturated rings. The number of H-pyrrole nitrogens is 1. The summed E-state index contributed by atoms with van der Waals surface area (Å²) in [5.74, 6) is -0.101. The van der Waals surface area contributed by atoms with Gasteiger partial charge in [0, 0.05) is 31.8 Å². The summed E-state index contributed by atoms with van der Waals surface area (Å²) in [7, 11) is 1.96. The number of nitrogens with one attached hydrogen (secondary N) is 2. The van der Waals surface area contributed by atoms with Crippen LogP contribution in [-0.4, -0.2) is 52.7 Å². The number of rotatable bonds is 11. The lowest BCUT2D eigenvalue weighted by Gasteiger charge is -2.21. The SMILES string of the molecule is CCOC(=O)c1cc(N(C)CCCCc2nn[nH]n2)ccc1NC(=O)C=C(C)c1ccc2ccccc2c1. The highest BCUT2D eigenvalue weighted by molar-refractivity contribution is 6.08. The highest BCUT2D eigenvalue weighted by Gasteiger charge is 2.17. The van der Waals surface area contributed by atoms with Crippen LogP contribution in [-0.2, 0) is 16.0 Å². The van der Waals surface area contributed by atoms with Crippen molar-refractivity contribution in [1.82, 2.24) is 20.6 Å². The highest BCUT2D eigenvalue weighted by Crippen LogP contribution is 2.25. The molecule has 0 aliphatic rings. The van der Waals surface area contributed by atoms with Crippen LogP contribution in [0.25, 0.3) is 16.3 Å². The Morgan fingerprint density at radius 2 is 1.87 bits per heavy atom. The van der Waals surface area contributed by atoms with Gasteiger partial charge in [0.05, 0.1) is 17.9 Å². The van der Waals surface area contributed by atoms with Crippen LogP contribution in [0.1, 0.15) is 48.4 Å². The fraction of sp³-hybridized carbons (Fsp3) is 0.276. The first-order chi connectivity index (χ1) is 18.4. The number of aromatic nitrogens is 4. The summed E-state index contributed by atoms with van der Waals surface area (Å²) >= 11 is 0. The van der Waals surface area contributed by atoms with E-state index in [1.54, 1.807) is 25.1 Å². The molecule has 0 saturated heterocycles. The van der Waals surface area contributed by atoms with Crippen LogP contribution in [0.5, 0.6) is 0 Å². The molecule has 0 aliphatic carbocycles. The molecule has 9 heteroatoms. The summed E-state index contributed by atoms with van der Waals surface area (Å²) < 4.78 is 5.27. The minimum atomic E-state index is -0.481. The second-order valence-corrected chi connectivity index (χ2v) is 9.04. The Balaban J connectivity index is 1.45. The number of carbonyl (C=O) groups excluding carboxylic acids is 2. The van der Waals surface area contributed by atoms with E-state index in [4.69, 9.17) is 4.74 Å². The van der Waals surface area contributed by atoms with Crippen LogP contribution in [0.3, 0.4) is 0 Å². The number of esters is 1. The van der Waals surface area contributed by atoms with E-state index in [0.29, 0.717) is 17.1 Å². The lowest BCUT2D eigenvalue weighted by molar-refractivity contribution is -0.111. The second kappa shape index (κ2) is 12.6. The summed E-state index contributed by atoms with van der Waals surface area (Å²) in [5, 5.41) is 19.1. The van der Waals surface area contributed by atoms with E-state index in [1.807, 2.05) is 50.4 Å². The van der Waals surface area contributed by atoms with Crippen molar-refractivity contribution in [1.29, 1.82) is 0 Å². The Bertz CT molecular complexity index is 1430. The van der Waals surface area contributed by atoms with Crippen molar-refractivity contribution in [3.63, 3.8) is 0 Å². The standard InChI is InChI=1S/C29H32N6O3/c1-4-38-29(37)25-19-24(35(3)16-8-7-11-27-31-33-34-32-27)14-15-26(25)30-28(36)17-20(2)22-13-12-21-9-5-6-10-23(21)18-22/h5-6,9-10,12-15,17-19H,4,7-8,11,16H2,1-3H3,(H,30,36)(H,31,32,33,34). The molecule has 3 aromatic carbocycles. The number of hydrogen-bond acceptors (Lipinski definition) is 7. The number of nitrogens with zero attached hydrogens (tertiary/aromatic N) is 4. The van der Waals surface area contributed by atoms with Crippen LogP contribution in [0, 0.1) is 0 Å². The van der Waals surface area contributed by atoms with E-state index < -0.39 is 5.97 Å². The van der Waals surface area contributed by atoms with Crippen LogP contribution >= 0.6 is 0 Å². The number of fused-ring (bicyclic) bond motifs is 1. The molecule has 0 bridgehead atoms. The van der Waals surface area contributed by atoms with Crippen molar-refractivity contribution < 1.29 is 14.3 Å². The third-order valence-electron chi connectivity index (χ3n) is 6.28. The van der Waals surface area contributed by atoms with Gasteiger partial charge < -0.3 is 15.0 Å². The molecular weight excluding hydrogens is 480 g/mol. The maximum absolute atomic E-state index is 12.9. The van der Waals surface area contributed by atoms with Gasteiger partial charge in [-0.15, -0.1) is 10.2 Å². The smallest absolute Gasteiger partial charge is 0.340 e. The Morgan fingerprint density at radius 1 is 1.05 bits per heavy atom. The van der Waals surface area contributed by atoms with E-state index in [-0.39, 0.29) is 12.5 Å². The number of hydrogen-bond donors (Lipinski definition) is 2. The number of ether oxygens (including phenoxy) is 1. The lowest BCUT2D eigenvalue weighted by Crippen LogP contribution is -2.20. The minimum absolute atomic E-state index is 0.239. The Hall–Kier alpha value is -4.53. The topological polar surface area (TPSA) is 113 Å². The monoisotopic (exact) mass is 512 g/mol. The average Bonchev–Trinajstić information content (AvgIpc) is 3.44. The molecule has 0 spiro atoms. The summed E-state index contributed by atoms with van der Waals surface area (Å²) in [4.78, 5) is 27.7. The first kappa shape index (κ1) is 26.5. The number of allylic oxidation sites excluding steroid dienone is 1. The van der Waals surface area contributed by atoms with Gasteiger partial charge >= 0.3 is 5.97 Å². The summed E-state index contributed by atoms with van der Waals surface area (Å²) in [6.45, 7) is 4.67. The van der Waals surface area contributed by atoms with Crippen molar-refractivity contribution in [3.8, 4) is 0 Å². The summed E-state index contributed by atoms with van der Waals surface area (Å²) in [6, 6.07) is 19.6. The zero-order valence-corrected chi connectivity index (χ0v) is 21.9. The van der Waals surface area contributed by atoms with Gasteiger partial charge in [-0.2, -0.15) is 5.21 Å². The number of amides is 1. The molecule has 0 radical (unpaired) electrons. The highest BCUT2D eigenvalue weighted by atomic mass is 16.5. The number of anilines is 2. The van der Waals surface area contributed by atoms with Gasteiger partial charge in [-0.3, -0.25) is 4.79 Å². The molecule has 2 N–H and O–H groups in total. The molecule has 196 valence electrons. The van der Waals surface area contributed by atoms with E-state index in [9.17, 15) is 9.59 Å². The molecule has 0 atom stereocenters. The van der Waals surface area contributed by atoms with E-state index in [0.717, 1.165) is 53.4 Å². The fourth-order valence-electron chi connectivity index (χ4n) is 4.19. The second-order valence-electron chi connectivity index (χ2n) is 9.04. The largest absolute Gasteiger partial charge is 0.462 e. The minimum Gasteiger partial charge on any atom is -0.462 e. The molecule has 0 unspecified atom stereocenters. The van der Waals surface area contributed by atoms with Gasteiger partial charge in [0.15, 0.2) is 5.82 Å². The van der Waals surface area contributed by atoms with E-state index in [2.05, 4.69) is 43.0 Å². The maximum atomic E-state index is 12.9. The first-order valence-corrected chi connectivity index (χ1v) is 12.7. The van der Waals surface area contributed by atoms with Crippen LogP contribution in [0.4, 0.5) is 11.4 Å². The number of carbonyl (C=O) groups is 2. The van der Waals surface area contributed by atoms with E-state index >= 15 is 0 Å². The van der Waals surface area contributed by atoms with E-state index in [1.165, 1.54) is 0 Å². The molecule has 0 aliphatic heterocycles. The number of tetrazole rings is 1. The Labute approximate surface area is 221 Å². The van der Waals surface area contributed by atoms with Gasteiger partial charge in [0.1, 0.15) is 0 Å². The molecule has 4 rings (SSSR count). The quantitative estimate of drug-likeness (QED) is 0.165. The molecule has 1 aromatic heterocycles. The predicted molar refractivity (Wildman–Crippen MR) is 149 cm³/mol. The normalized spacial score (nSPS) is 11.4. The predicted octanol–water partition coefficient (Wildman–Crippen LogP) is 5.03. The van der Waals surface area contributed by atoms with Gasteiger partial charge in [-0.25, -0.2) is 4.79 Å². The number of unbranched alkanes of at least 4 members (excludes halogenated alkanes) is 1. The molecule has 1 heterocycles. The maximum Gasteiger partial charge on any atom is 0.340 e. The van der Waals surface area contributed by atoms with Gasteiger partial charge in [0.25, 0.3) is 0 Å². The third kappa shape index (κ3) is 6.82. The Kier molecular flexibility index (Phi) is 8.81. The average molecular weight is 513 g/mol. The van der Waals surface area contributed by atoms with Crippen LogP contribution < -0.4 is 10.2 Å². The van der Waals surface area contributed by atoms with Crippen molar-refractivity contribution in [3.05, 3.63) is 83.7 Å². The molecule has 38 heavy (non-hydrogen) atoms. The lowest BCUT2D eigenvalue weighted by atomic mass is 10.0. The zero-order chi connectivity index (χ0) is 26.9. The number of benzene rings is 3. The first-order valence-electron chi connectivity index (χ1n) is 12.7. The van der Waals surface area contributed by atoms with Crippen LogP contribution in [0.2, 0.25) is 0 Å². The molecule has 1 amide bonds. The zero-order valence-electron chi connectivity index (χ0n) is 21.9. The molecule has 4 aromatic rings. The number of aryl methyl sites for hydroxylation is 1. The van der Waals surface area contributed by atoms with Crippen LogP contribution in [0.15, 0.2) is 66.7 Å². The van der Waals surface area contributed by atoms with Gasteiger partial charge in [0.2, 0.25) is 5.91 Å². The third-order valence-corrected chi connectivity index (χ3v) is 6.28. The Morgan fingerprint density at radius 3 is 2.63 bits per heavy atom.